The van der Waals surface area contributed by atoms with Crippen molar-refractivity contribution in [3.8, 4) is 0 Å². The van der Waals surface area contributed by atoms with Gasteiger partial charge in [0.2, 0.25) is 5.91 Å². The molecule has 0 heterocycles. The van der Waals surface area contributed by atoms with Gasteiger partial charge in [-0.2, -0.15) is 0 Å². The fourth-order valence-electron chi connectivity index (χ4n) is 2.50. The average Bonchev–Trinajstić information content (AvgIpc) is 2.29. The number of nitrogens with two attached hydrogens (primary N) is 1. The maximum Gasteiger partial charge on any atom is 0.234 e. The molecule has 3 N–H and O–H groups in total. The Balaban J connectivity index is 4.86. The maximum absolute atomic E-state index is 12.1. The number of rotatable bonds is 8. The zero-order valence-electron chi connectivity index (χ0n) is 13.7. The van der Waals surface area contributed by atoms with Gasteiger partial charge in [0.1, 0.15) is 0 Å². The minimum absolute atomic E-state index is 0.0504. The standard InChI is InChI=1S/C15H33N3O/c1-7-10-18(15(8-2,9-3)12-16)11-13(19)17-14(4,5)6/h7-12,16H2,1-6H3,(H,17,19). The second kappa shape index (κ2) is 7.85. The molecule has 0 saturated carbocycles. The van der Waals surface area contributed by atoms with Crippen molar-refractivity contribution in [3.63, 3.8) is 0 Å². The van der Waals surface area contributed by atoms with Gasteiger partial charge in [-0.05, 0) is 46.6 Å². The lowest BCUT2D eigenvalue weighted by atomic mass is 9.90. The Bertz CT molecular complexity index is 259. The molecule has 4 nitrogen and oxygen atoms in total. The van der Waals surface area contributed by atoms with E-state index in [0.29, 0.717) is 13.1 Å². The summed E-state index contributed by atoms with van der Waals surface area (Å²) in [7, 11) is 0. The molecule has 0 spiro atoms. The highest BCUT2D eigenvalue weighted by Gasteiger charge is 2.33. The zero-order valence-corrected chi connectivity index (χ0v) is 13.7. The minimum atomic E-state index is -0.182. The van der Waals surface area contributed by atoms with E-state index in [-0.39, 0.29) is 17.0 Å². The van der Waals surface area contributed by atoms with Crippen LogP contribution >= 0.6 is 0 Å². The van der Waals surface area contributed by atoms with Gasteiger partial charge in [-0.1, -0.05) is 20.8 Å². The van der Waals surface area contributed by atoms with Crippen molar-refractivity contribution >= 4 is 5.91 Å². The molecule has 114 valence electrons. The van der Waals surface area contributed by atoms with Crippen molar-refractivity contribution in [2.75, 3.05) is 19.6 Å². The van der Waals surface area contributed by atoms with Crippen LogP contribution in [0.15, 0.2) is 0 Å². The molecule has 0 radical (unpaired) electrons. The summed E-state index contributed by atoms with van der Waals surface area (Å²) >= 11 is 0. The van der Waals surface area contributed by atoms with Crippen LogP contribution in [0.3, 0.4) is 0 Å². The van der Waals surface area contributed by atoms with Crippen LogP contribution in [0.25, 0.3) is 0 Å². The molecule has 0 aromatic carbocycles. The number of nitrogens with zero attached hydrogens (tertiary/aromatic N) is 1. The Morgan fingerprint density at radius 2 is 1.68 bits per heavy atom. The van der Waals surface area contributed by atoms with Crippen LogP contribution in [0.2, 0.25) is 0 Å². The van der Waals surface area contributed by atoms with E-state index in [4.69, 9.17) is 5.73 Å². The van der Waals surface area contributed by atoms with Gasteiger partial charge in [-0.25, -0.2) is 0 Å². The third kappa shape index (κ3) is 5.91. The number of nitrogens with one attached hydrogen (secondary N) is 1. The highest BCUT2D eigenvalue weighted by Crippen LogP contribution is 2.23. The molecule has 0 rings (SSSR count). The molecule has 0 aliphatic carbocycles. The van der Waals surface area contributed by atoms with Crippen molar-refractivity contribution in [1.29, 1.82) is 0 Å². The largest absolute Gasteiger partial charge is 0.350 e. The number of hydrogen-bond donors (Lipinski definition) is 2. The van der Waals surface area contributed by atoms with Gasteiger partial charge >= 0.3 is 0 Å². The third-order valence-electron chi connectivity index (χ3n) is 3.71. The van der Waals surface area contributed by atoms with Crippen molar-refractivity contribution in [2.45, 2.75) is 71.9 Å². The Kier molecular flexibility index (Phi) is 7.60. The summed E-state index contributed by atoms with van der Waals surface area (Å²) in [5.74, 6) is 0.0840. The van der Waals surface area contributed by atoms with Crippen molar-refractivity contribution in [1.82, 2.24) is 10.2 Å². The first kappa shape index (κ1) is 18.4. The van der Waals surface area contributed by atoms with Gasteiger partial charge in [0.25, 0.3) is 0 Å². The molecule has 4 heteroatoms. The summed E-state index contributed by atoms with van der Waals surface area (Å²) < 4.78 is 0. The second-order valence-corrected chi connectivity index (χ2v) is 6.36. The van der Waals surface area contributed by atoms with Crippen LogP contribution in [-0.4, -0.2) is 41.5 Å². The van der Waals surface area contributed by atoms with E-state index in [9.17, 15) is 4.79 Å². The van der Waals surface area contributed by atoms with E-state index in [1.165, 1.54) is 0 Å². The lowest BCUT2D eigenvalue weighted by Crippen LogP contribution is -2.57. The Morgan fingerprint density at radius 3 is 2.00 bits per heavy atom. The number of carbonyl (C=O) groups excluding carboxylic acids is 1. The molecule has 0 unspecified atom stereocenters. The number of amides is 1. The molecule has 0 bridgehead atoms. The lowest BCUT2D eigenvalue weighted by Gasteiger charge is -2.42. The molecule has 0 aromatic rings. The summed E-state index contributed by atoms with van der Waals surface area (Å²) in [5, 5.41) is 3.03. The van der Waals surface area contributed by atoms with E-state index < -0.39 is 0 Å². The van der Waals surface area contributed by atoms with Gasteiger partial charge in [0.15, 0.2) is 0 Å². The van der Waals surface area contributed by atoms with Crippen LogP contribution in [-0.2, 0) is 4.79 Å². The number of hydrogen-bond acceptors (Lipinski definition) is 3. The maximum atomic E-state index is 12.1. The third-order valence-corrected chi connectivity index (χ3v) is 3.71. The topological polar surface area (TPSA) is 58.4 Å². The summed E-state index contributed by atoms with van der Waals surface area (Å²) in [5.41, 5.74) is 5.76. The lowest BCUT2D eigenvalue weighted by molar-refractivity contribution is -0.125. The van der Waals surface area contributed by atoms with Gasteiger partial charge in [0, 0.05) is 17.6 Å². The Morgan fingerprint density at radius 1 is 1.16 bits per heavy atom. The summed E-state index contributed by atoms with van der Waals surface area (Å²) in [6.45, 7) is 14.4. The summed E-state index contributed by atoms with van der Waals surface area (Å²) in [6, 6.07) is 0. The molecular weight excluding hydrogens is 238 g/mol. The predicted octanol–water partition coefficient (Wildman–Crippen LogP) is 2.13. The monoisotopic (exact) mass is 271 g/mol. The zero-order chi connectivity index (χ0) is 15.1. The highest BCUT2D eigenvalue weighted by atomic mass is 16.2. The van der Waals surface area contributed by atoms with Gasteiger partial charge in [-0.3, -0.25) is 9.69 Å². The molecule has 0 saturated heterocycles. The van der Waals surface area contributed by atoms with E-state index in [2.05, 4.69) is 31.0 Å². The van der Waals surface area contributed by atoms with E-state index in [0.717, 1.165) is 25.8 Å². The predicted molar refractivity (Wildman–Crippen MR) is 82.1 cm³/mol. The fraction of sp³-hybridized carbons (Fsp3) is 0.933. The van der Waals surface area contributed by atoms with Crippen LogP contribution in [0.4, 0.5) is 0 Å². The van der Waals surface area contributed by atoms with Crippen LogP contribution < -0.4 is 11.1 Å². The van der Waals surface area contributed by atoms with E-state index in [1.807, 2.05) is 20.8 Å². The summed E-state index contributed by atoms with van der Waals surface area (Å²) in [6.07, 6.45) is 2.98. The van der Waals surface area contributed by atoms with E-state index >= 15 is 0 Å². The van der Waals surface area contributed by atoms with E-state index in [1.54, 1.807) is 0 Å². The molecular formula is C15H33N3O. The first-order valence-electron chi connectivity index (χ1n) is 7.50. The Labute approximate surface area is 119 Å². The SMILES string of the molecule is CCCN(CC(=O)NC(C)(C)C)C(CC)(CC)CN. The van der Waals surface area contributed by atoms with Crippen LogP contribution in [0.1, 0.15) is 60.8 Å². The molecule has 0 aliphatic heterocycles. The second-order valence-electron chi connectivity index (χ2n) is 6.36. The van der Waals surface area contributed by atoms with Crippen molar-refractivity contribution < 1.29 is 4.79 Å². The highest BCUT2D eigenvalue weighted by molar-refractivity contribution is 5.78. The first-order valence-corrected chi connectivity index (χ1v) is 7.50. The van der Waals surface area contributed by atoms with Crippen molar-refractivity contribution in [3.05, 3.63) is 0 Å². The van der Waals surface area contributed by atoms with Gasteiger partial charge < -0.3 is 11.1 Å². The molecule has 1 amide bonds. The summed E-state index contributed by atoms with van der Waals surface area (Å²) in [4.78, 5) is 14.4. The fourth-order valence-corrected chi connectivity index (χ4v) is 2.50. The molecule has 0 fully saturated rings. The molecule has 0 aliphatic rings. The number of carbonyl (C=O) groups is 1. The normalized spacial score (nSPS) is 12.8. The Hall–Kier alpha value is -0.610. The van der Waals surface area contributed by atoms with Gasteiger partial charge in [0.05, 0.1) is 6.54 Å². The quantitative estimate of drug-likeness (QED) is 0.711. The first-order chi connectivity index (χ1) is 8.74. The van der Waals surface area contributed by atoms with Crippen LogP contribution in [0, 0.1) is 0 Å². The molecule has 0 aromatic heterocycles. The smallest absolute Gasteiger partial charge is 0.234 e. The van der Waals surface area contributed by atoms with Crippen LogP contribution in [0.5, 0.6) is 0 Å². The minimum Gasteiger partial charge on any atom is -0.350 e. The molecule has 0 atom stereocenters. The molecule has 19 heavy (non-hydrogen) atoms. The van der Waals surface area contributed by atoms with Crippen molar-refractivity contribution in [2.24, 2.45) is 5.73 Å². The average molecular weight is 271 g/mol. The van der Waals surface area contributed by atoms with Gasteiger partial charge in [-0.15, -0.1) is 0 Å².